The van der Waals surface area contributed by atoms with Gasteiger partial charge in [-0.2, -0.15) is 5.10 Å². The van der Waals surface area contributed by atoms with Gasteiger partial charge in [0.05, 0.1) is 12.3 Å². The summed E-state index contributed by atoms with van der Waals surface area (Å²) in [7, 11) is 1.66. The van der Waals surface area contributed by atoms with Crippen LogP contribution in [0.5, 0.6) is 0 Å². The van der Waals surface area contributed by atoms with Crippen LogP contribution in [0.1, 0.15) is 17.0 Å². The first-order valence-electron chi connectivity index (χ1n) is 6.64. The molecule has 108 valence electrons. The first kappa shape index (κ1) is 14.7. The van der Waals surface area contributed by atoms with Gasteiger partial charge in [0.25, 0.3) is 0 Å². The van der Waals surface area contributed by atoms with Crippen molar-refractivity contribution < 1.29 is 9.13 Å². The van der Waals surface area contributed by atoms with Gasteiger partial charge in [0.1, 0.15) is 11.5 Å². The molecule has 1 aromatic heterocycles. The van der Waals surface area contributed by atoms with E-state index in [1.54, 1.807) is 17.9 Å². The first-order valence-corrected chi connectivity index (χ1v) is 6.64. The molecule has 0 aliphatic carbocycles. The van der Waals surface area contributed by atoms with E-state index in [9.17, 15) is 4.39 Å². The van der Waals surface area contributed by atoms with E-state index in [0.29, 0.717) is 18.8 Å². The summed E-state index contributed by atoms with van der Waals surface area (Å²) in [5.74, 6) is -0.262. The fraction of sp³-hybridized carbons (Fsp3) is 0.400. The molecule has 0 aliphatic heterocycles. The van der Waals surface area contributed by atoms with Gasteiger partial charge in [-0.15, -0.1) is 0 Å². The van der Waals surface area contributed by atoms with Crippen molar-refractivity contribution >= 4 is 0 Å². The van der Waals surface area contributed by atoms with Crippen LogP contribution in [0.4, 0.5) is 4.39 Å². The Bertz CT molecular complexity index is 580. The number of para-hydroxylation sites is 1. The van der Waals surface area contributed by atoms with E-state index in [0.717, 1.165) is 23.5 Å². The van der Waals surface area contributed by atoms with E-state index in [1.165, 1.54) is 6.07 Å². The summed E-state index contributed by atoms with van der Waals surface area (Å²) >= 11 is 0. The van der Waals surface area contributed by atoms with Crippen molar-refractivity contribution in [3.63, 3.8) is 0 Å². The summed E-state index contributed by atoms with van der Waals surface area (Å²) in [5.41, 5.74) is 3.20. The van der Waals surface area contributed by atoms with Crippen molar-refractivity contribution in [2.24, 2.45) is 0 Å². The largest absolute Gasteiger partial charge is 0.383 e. The van der Waals surface area contributed by atoms with Crippen molar-refractivity contribution in [2.75, 3.05) is 20.3 Å². The van der Waals surface area contributed by atoms with Gasteiger partial charge in [-0.25, -0.2) is 9.07 Å². The van der Waals surface area contributed by atoms with E-state index in [1.807, 2.05) is 26.0 Å². The van der Waals surface area contributed by atoms with E-state index >= 15 is 0 Å². The topological polar surface area (TPSA) is 39.1 Å². The lowest BCUT2D eigenvalue weighted by Crippen LogP contribution is -2.20. The zero-order chi connectivity index (χ0) is 14.5. The summed E-state index contributed by atoms with van der Waals surface area (Å²) in [6.07, 6.45) is 0. The predicted molar refractivity (Wildman–Crippen MR) is 76.6 cm³/mol. The third-order valence-corrected chi connectivity index (χ3v) is 3.09. The summed E-state index contributed by atoms with van der Waals surface area (Å²) in [5, 5.41) is 7.60. The molecule has 1 aromatic carbocycles. The van der Waals surface area contributed by atoms with Crippen molar-refractivity contribution in [1.82, 2.24) is 15.1 Å². The lowest BCUT2D eigenvalue weighted by atomic mass is 10.1. The third-order valence-electron chi connectivity index (χ3n) is 3.09. The van der Waals surface area contributed by atoms with Gasteiger partial charge in [0.2, 0.25) is 0 Å². The smallest absolute Gasteiger partial charge is 0.149 e. The molecule has 0 unspecified atom stereocenters. The standard InChI is InChI=1S/C15H20FN3O/c1-11-9-12(2)19(18-11)15-13(5-4-6-14(15)16)10-17-7-8-20-3/h4-6,9,17H,7-8,10H2,1-3H3. The van der Waals surface area contributed by atoms with Crippen LogP contribution >= 0.6 is 0 Å². The highest BCUT2D eigenvalue weighted by molar-refractivity contribution is 5.43. The fourth-order valence-corrected chi connectivity index (χ4v) is 2.19. The number of ether oxygens (including phenoxy) is 1. The molecule has 0 spiro atoms. The van der Waals surface area contributed by atoms with Crippen LogP contribution < -0.4 is 5.32 Å². The van der Waals surface area contributed by atoms with E-state index < -0.39 is 0 Å². The molecule has 1 N–H and O–H groups in total. The minimum absolute atomic E-state index is 0.262. The minimum Gasteiger partial charge on any atom is -0.383 e. The molecule has 20 heavy (non-hydrogen) atoms. The molecule has 0 bridgehead atoms. The van der Waals surface area contributed by atoms with Crippen LogP contribution in [0.25, 0.3) is 5.69 Å². The Morgan fingerprint density at radius 1 is 1.35 bits per heavy atom. The number of nitrogens with zero attached hydrogens (tertiary/aromatic N) is 2. The van der Waals surface area contributed by atoms with Gasteiger partial charge in [0.15, 0.2) is 0 Å². The molecule has 0 saturated heterocycles. The van der Waals surface area contributed by atoms with Crippen LogP contribution in [0.2, 0.25) is 0 Å². The normalized spacial score (nSPS) is 11.0. The zero-order valence-corrected chi connectivity index (χ0v) is 12.1. The zero-order valence-electron chi connectivity index (χ0n) is 12.1. The lowest BCUT2D eigenvalue weighted by Gasteiger charge is -2.13. The maximum absolute atomic E-state index is 14.2. The highest BCUT2D eigenvalue weighted by Crippen LogP contribution is 2.20. The summed E-state index contributed by atoms with van der Waals surface area (Å²) in [6, 6.07) is 7.03. The van der Waals surface area contributed by atoms with Gasteiger partial charge >= 0.3 is 0 Å². The lowest BCUT2D eigenvalue weighted by molar-refractivity contribution is 0.199. The van der Waals surface area contributed by atoms with Gasteiger partial charge < -0.3 is 10.1 Å². The molecule has 0 amide bonds. The number of hydrogen-bond acceptors (Lipinski definition) is 3. The minimum atomic E-state index is -0.262. The van der Waals surface area contributed by atoms with E-state index in [2.05, 4.69) is 10.4 Å². The second kappa shape index (κ2) is 6.63. The monoisotopic (exact) mass is 277 g/mol. The van der Waals surface area contributed by atoms with Crippen LogP contribution in [-0.2, 0) is 11.3 Å². The molecular formula is C15H20FN3O. The number of nitrogens with one attached hydrogen (secondary N) is 1. The molecule has 1 heterocycles. The first-order chi connectivity index (χ1) is 9.63. The number of rotatable bonds is 6. The Balaban J connectivity index is 2.29. The molecule has 0 radical (unpaired) electrons. The van der Waals surface area contributed by atoms with Gasteiger partial charge in [-0.05, 0) is 31.5 Å². The molecule has 0 atom stereocenters. The number of halogens is 1. The Labute approximate surface area is 118 Å². The van der Waals surface area contributed by atoms with Gasteiger partial charge in [-0.3, -0.25) is 0 Å². The SMILES string of the molecule is COCCNCc1cccc(F)c1-n1nc(C)cc1C. The van der Waals surface area contributed by atoms with Crippen molar-refractivity contribution in [3.8, 4) is 5.69 Å². The van der Waals surface area contributed by atoms with Crippen molar-refractivity contribution in [3.05, 3.63) is 47.0 Å². The third kappa shape index (κ3) is 3.23. The number of methoxy groups -OCH3 is 1. The highest BCUT2D eigenvalue weighted by Gasteiger charge is 2.13. The summed E-state index contributed by atoms with van der Waals surface area (Å²) in [6.45, 7) is 5.76. The molecule has 0 aliphatic rings. The van der Waals surface area contributed by atoms with E-state index in [4.69, 9.17) is 4.74 Å². The van der Waals surface area contributed by atoms with Crippen LogP contribution in [-0.4, -0.2) is 30.0 Å². The number of aromatic nitrogens is 2. The molecule has 4 nitrogen and oxygen atoms in total. The molecule has 5 heteroatoms. The Hall–Kier alpha value is -1.72. The number of hydrogen-bond donors (Lipinski definition) is 1. The molecular weight excluding hydrogens is 257 g/mol. The van der Waals surface area contributed by atoms with Crippen molar-refractivity contribution in [2.45, 2.75) is 20.4 Å². The van der Waals surface area contributed by atoms with Crippen LogP contribution in [0, 0.1) is 19.7 Å². The molecule has 2 aromatic rings. The summed E-state index contributed by atoms with van der Waals surface area (Å²) in [4.78, 5) is 0. The fourth-order valence-electron chi connectivity index (χ4n) is 2.19. The Morgan fingerprint density at radius 3 is 2.80 bits per heavy atom. The number of benzene rings is 1. The number of aryl methyl sites for hydroxylation is 2. The maximum atomic E-state index is 14.2. The maximum Gasteiger partial charge on any atom is 0.149 e. The van der Waals surface area contributed by atoms with Crippen LogP contribution in [0.3, 0.4) is 0 Å². The van der Waals surface area contributed by atoms with Crippen molar-refractivity contribution in [1.29, 1.82) is 0 Å². The second-order valence-electron chi connectivity index (χ2n) is 4.76. The molecule has 0 saturated carbocycles. The second-order valence-corrected chi connectivity index (χ2v) is 4.76. The summed E-state index contributed by atoms with van der Waals surface area (Å²) < 4.78 is 20.8. The quantitative estimate of drug-likeness (QED) is 0.824. The Morgan fingerprint density at radius 2 is 2.15 bits per heavy atom. The van der Waals surface area contributed by atoms with Gasteiger partial charge in [-0.1, -0.05) is 12.1 Å². The van der Waals surface area contributed by atoms with Gasteiger partial charge in [0, 0.05) is 25.9 Å². The average Bonchev–Trinajstić information content (AvgIpc) is 2.74. The average molecular weight is 277 g/mol. The highest BCUT2D eigenvalue weighted by atomic mass is 19.1. The molecule has 2 rings (SSSR count). The van der Waals surface area contributed by atoms with E-state index in [-0.39, 0.29) is 5.82 Å². The predicted octanol–water partition coefficient (Wildman–Crippen LogP) is 2.36. The Kier molecular flexibility index (Phi) is 4.87. The molecule has 0 fully saturated rings. The van der Waals surface area contributed by atoms with Crippen LogP contribution in [0.15, 0.2) is 24.3 Å².